The van der Waals surface area contributed by atoms with Crippen LogP contribution in [0.15, 0.2) is 54.6 Å². The number of hydrogen-bond acceptors (Lipinski definition) is 5. The van der Waals surface area contributed by atoms with E-state index in [0.29, 0.717) is 15.9 Å². The largest absolute Gasteiger partial charge is 0.479 e. The summed E-state index contributed by atoms with van der Waals surface area (Å²) in [6.45, 7) is 1.65. The molecule has 1 unspecified atom stereocenters. The minimum atomic E-state index is -0.714. The summed E-state index contributed by atoms with van der Waals surface area (Å²) in [7, 11) is 0. The molecule has 1 N–H and O–H groups in total. The first-order valence-electron chi connectivity index (χ1n) is 7.24. The SMILES string of the molecule is CC(Oc1ccccc1Cl)C(=O)Nc1nnc(-c2ccccc2)s1. The van der Waals surface area contributed by atoms with Crippen LogP contribution in [-0.2, 0) is 4.79 Å². The monoisotopic (exact) mass is 359 g/mol. The van der Waals surface area contributed by atoms with Crippen LogP contribution in [0.1, 0.15) is 6.92 Å². The van der Waals surface area contributed by atoms with Gasteiger partial charge < -0.3 is 4.74 Å². The maximum Gasteiger partial charge on any atom is 0.266 e. The smallest absolute Gasteiger partial charge is 0.266 e. The average Bonchev–Trinajstić information content (AvgIpc) is 3.06. The molecule has 1 atom stereocenters. The highest BCUT2D eigenvalue weighted by atomic mass is 35.5. The fraction of sp³-hybridized carbons (Fsp3) is 0.118. The van der Waals surface area contributed by atoms with Gasteiger partial charge in [0.1, 0.15) is 10.8 Å². The second kappa shape index (κ2) is 7.42. The number of carbonyl (C=O) groups excluding carboxylic acids is 1. The quantitative estimate of drug-likeness (QED) is 0.739. The number of hydrogen-bond donors (Lipinski definition) is 1. The Balaban J connectivity index is 1.65. The van der Waals surface area contributed by atoms with E-state index in [1.807, 2.05) is 30.3 Å². The van der Waals surface area contributed by atoms with Gasteiger partial charge in [-0.15, -0.1) is 10.2 Å². The first-order valence-corrected chi connectivity index (χ1v) is 8.44. The highest BCUT2D eigenvalue weighted by Crippen LogP contribution is 2.27. The van der Waals surface area contributed by atoms with Crippen molar-refractivity contribution in [3.8, 4) is 16.3 Å². The molecule has 0 radical (unpaired) electrons. The number of anilines is 1. The normalized spacial score (nSPS) is 11.8. The molecule has 5 nitrogen and oxygen atoms in total. The van der Waals surface area contributed by atoms with E-state index in [1.165, 1.54) is 11.3 Å². The Kier molecular flexibility index (Phi) is 5.08. The molecular weight excluding hydrogens is 346 g/mol. The Morgan fingerprint density at radius 3 is 2.58 bits per heavy atom. The standard InChI is InChI=1S/C17H14ClN3O2S/c1-11(23-14-10-6-5-9-13(14)18)15(22)19-17-21-20-16(24-17)12-7-3-2-4-8-12/h2-11H,1H3,(H,19,21,22). The zero-order chi connectivity index (χ0) is 16.9. The Morgan fingerprint density at radius 1 is 1.12 bits per heavy atom. The predicted octanol–water partition coefficient (Wildman–Crippen LogP) is 4.26. The fourth-order valence-corrected chi connectivity index (χ4v) is 2.89. The average molecular weight is 360 g/mol. The van der Waals surface area contributed by atoms with E-state index in [4.69, 9.17) is 16.3 Å². The van der Waals surface area contributed by atoms with E-state index in [-0.39, 0.29) is 5.91 Å². The Bertz CT molecular complexity index is 839. The van der Waals surface area contributed by atoms with E-state index in [2.05, 4.69) is 15.5 Å². The molecule has 0 aliphatic rings. The summed E-state index contributed by atoms with van der Waals surface area (Å²) in [6.07, 6.45) is -0.714. The minimum Gasteiger partial charge on any atom is -0.479 e. The number of rotatable bonds is 5. The van der Waals surface area contributed by atoms with Crippen molar-refractivity contribution >= 4 is 34.0 Å². The zero-order valence-electron chi connectivity index (χ0n) is 12.8. The molecular formula is C17H14ClN3O2S. The third-order valence-corrected chi connectivity index (χ3v) is 4.39. The number of nitrogens with one attached hydrogen (secondary N) is 1. The minimum absolute atomic E-state index is 0.314. The molecule has 0 aliphatic heterocycles. The molecule has 3 rings (SSSR count). The number of benzene rings is 2. The molecule has 1 aromatic heterocycles. The van der Waals surface area contributed by atoms with Gasteiger partial charge >= 0.3 is 0 Å². The van der Waals surface area contributed by atoms with Crippen molar-refractivity contribution in [3.05, 3.63) is 59.6 Å². The first-order chi connectivity index (χ1) is 11.6. The van der Waals surface area contributed by atoms with E-state index in [9.17, 15) is 4.79 Å². The lowest BCUT2D eigenvalue weighted by Gasteiger charge is -2.14. The molecule has 0 bridgehead atoms. The van der Waals surface area contributed by atoms with Crippen molar-refractivity contribution in [3.63, 3.8) is 0 Å². The second-order valence-electron chi connectivity index (χ2n) is 4.96. The second-order valence-corrected chi connectivity index (χ2v) is 6.34. The molecule has 3 aromatic rings. The first kappa shape index (κ1) is 16.4. The van der Waals surface area contributed by atoms with Gasteiger partial charge in [0.2, 0.25) is 5.13 Å². The molecule has 2 aromatic carbocycles. The lowest BCUT2D eigenvalue weighted by Crippen LogP contribution is -2.30. The number of ether oxygens (including phenoxy) is 1. The summed E-state index contributed by atoms with van der Waals surface area (Å²) in [5.74, 6) is 0.148. The van der Waals surface area contributed by atoms with Crippen molar-refractivity contribution in [2.75, 3.05) is 5.32 Å². The molecule has 24 heavy (non-hydrogen) atoms. The van der Waals surface area contributed by atoms with Crippen LogP contribution in [-0.4, -0.2) is 22.2 Å². The number of aromatic nitrogens is 2. The van der Waals surface area contributed by atoms with Gasteiger partial charge in [-0.05, 0) is 19.1 Å². The summed E-state index contributed by atoms with van der Waals surface area (Å²) in [4.78, 5) is 12.2. The van der Waals surface area contributed by atoms with Gasteiger partial charge in [0, 0.05) is 5.56 Å². The van der Waals surface area contributed by atoms with Gasteiger partial charge in [0.15, 0.2) is 6.10 Å². The highest BCUT2D eigenvalue weighted by molar-refractivity contribution is 7.18. The van der Waals surface area contributed by atoms with Crippen LogP contribution in [0, 0.1) is 0 Å². The summed E-state index contributed by atoms with van der Waals surface area (Å²) in [5, 5.41) is 12.4. The summed E-state index contributed by atoms with van der Waals surface area (Å²) in [5.41, 5.74) is 0.955. The molecule has 7 heteroatoms. The third-order valence-electron chi connectivity index (χ3n) is 3.19. The van der Waals surface area contributed by atoms with Crippen LogP contribution in [0.5, 0.6) is 5.75 Å². The van der Waals surface area contributed by atoms with Crippen LogP contribution in [0.25, 0.3) is 10.6 Å². The van der Waals surface area contributed by atoms with E-state index < -0.39 is 6.10 Å². The molecule has 0 saturated heterocycles. The van der Waals surface area contributed by atoms with Gasteiger partial charge in [0.25, 0.3) is 5.91 Å². The van der Waals surface area contributed by atoms with Crippen molar-refractivity contribution in [1.29, 1.82) is 0 Å². The Hall–Kier alpha value is -2.44. The van der Waals surface area contributed by atoms with Crippen LogP contribution in [0.4, 0.5) is 5.13 Å². The van der Waals surface area contributed by atoms with Crippen LogP contribution < -0.4 is 10.1 Å². The summed E-state index contributed by atoms with van der Waals surface area (Å²) in [6, 6.07) is 16.7. The number of nitrogens with zero attached hydrogens (tertiary/aromatic N) is 2. The third kappa shape index (κ3) is 3.90. The molecule has 0 fully saturated rings. The zero-order valence-corrected chi connectivity index (χ0v) is 14.3. The van der Waals surface area contributed by atoms with E-state index in [1.54, 1.807) is 31.2 Å². The molecule has 122 valence electrons. The van der Waals surface area contributed by atoms with Gasteiger partial charge in [0.05, 0.1) is 5.02 Å². The van der Waals surface area contributed by atoms with Gasteiger partial charge in [-0.2, -0.15) is 0 Å². The summed E-state index contributed by atoms with van der Waals surface area (Å²) >= 11 is 7.33. The summed E-state index contributed by atoms with van der Waals surface area (Å²) < 4.78 is 5.58. The Morgan fingerprint density at radius 2 is 1.83 bits per heavy atom. The molecule has 1 heterocycles. The number of halogens is 1. The molecule has 0 aliphatic carbocycles. The lowest BCUT2D eigenvalue weighted by atomic mass is 10.2. The van der Waals surface area contributed by atoms with Crippen molar-refractivity contribution in [1.82, 2.24) is 10.2 Å². The van der Waals surface area contributed by atoms with Crippen LogP contribution in [0.2, 0.25) is 5.02 Å². The molecule has 0 spiro atoms. The van der Waals surface area contributed by atoms with E-state index >= 15 is 0 Å². The predicted molar refractivity (Wildman–Crippen MR) is 95.5 cm³/mol. The van der Waals surface area contributed by atoms with Gasteiger partial charge in [-0.3, -0.25) is 10.1 Å². The Labute approximate surface area is 148 Å². The number of amides is 1. The topological polar surface area (TPSA) is 64.1 Å². The van der Waals surface area contributed by atoms with Crippen molar-refractivity contribution in [2.24, 2.45) is 0 Å². The lowest BCUT2D eigenvalue weighted by molar-refractivity contribution is -0.122. The fourth-order valence-electron chi connectivity index (χ4n) is 1.96. The van der Waals surface area contributed by atoms with Crippen molar-refractivity contribution in [2.45, 2.75) is 13.0 Å². The van der Waals surface area contributed by atoms with Gasteiger partial charge in [-0.25, -0.2) is 0 Å². The highest BCUT2D eigenvalue weighted by Gasteiger charge is 2.18. The maximum absolute atomic E-state index is 12.2. The van der Waals surface area contributed by atoms with Crippen LogP contribution in [0.3, 0.4) is 0 Å². The van der Waals surface area contributed by atoms with Crippen molar-refractivity contribution < 1.29 is 9.53 Å². The van der Waals surface area contributed by atoms with E-state index in [0.717, 1.165) is 10.6 Å². The van der Waals surface area contributed by atoms with Crippen LogP contribution >= 0.6 is 22.9 Å². The molecule has 0 saturated carbocycles. The molecule has 1 amide bonds. The number of carbonyl (C=O) groups is 1. The number of para-hydroxylation sites is 1. The van der Waals surface area contributed by atoms with Gasteiger partial charge in [-0.1, -0.05) is 65.4 Å². The maximum atomic E-state index is 12.2.